The fourth-order valence-electron chi connectivity index (χ4n) is 2.56. The number of halogens is 3. The van der Waals surface area contributed by atoms with Crippen molar-refractivity contribution in [2.75, 3.05) is 6.61 Å². The van der Waals surface area contributed by atoms with Crippen LogP contribution >= 0.6 is 0 Å². The van der Waals surface area contributed by atoms with Gasteiger partial charge in [0.1, 0.15) is 5.82 Å². The normalized spacial score (nSPS) is 16.6. The predicted molar refractivity (Wildman–Crippen MR) is 68.3 cm³/mol. The molecule has 1 heterocycles. The van der Waals surface area contributed by atoms with Gasteiger partial charge in [-0.15, -0.1) is 13.2 Å². The van der Waals surface area contributed by atoms with Gasteiger partial charge >= 0.3 is 6.36 Å². The fraction of sp³-hybridized carbons (Fsp3) is 0.500. The van der Waals surface area contributed by atoms with E-state index in [4.69, 9.17) is 0 Å². The van der Waals surface area contributed by atoms with Crippen molar-refractivity contribution in [2.45, 2.75) is 38.1 Å². The summed E-state index contributed by atoms with van der Waals surface area (Å²) in [7, 11) is 0. The molecule has 3 rings (SSSR count). The molecule has 1 saturated carbocycles. The second-order valence-corrected chi connectivity index (χ2v) is 5.03. The molecule has 0 aliphatic heterocycles. The van der Waals surface area contributed by atoms with Gasteiger partial charge in [-0.3, -0.25) is 4.74 Å². The maximum absolute atomic E-state index is 12.1. The quantitative estimate of drug-likeness (QED) is 0.853. The zero-order chi connectivity index (χ0) is 14.2. The number of para-hydroxylation sites is 2. The first kappa shape index (κ1) is 13.4. The van der Waals surface area contributed by atoms with Crippen LogP contribution in [0.5, 0.6) is 0 Å². The molecule has 0 N–H and O–H groups in total. The molecule has 1 aliphatic carbocycles. The van der Waals surface area contributed by atoms with Crippen LogP contribution in [0.15, 0.2) is 24.3 Å². The third-order valence-corrected chi connectivity index (χ3v) is 3.74. The monoisotopic (exact) mass is 284 g/mol. The van der Waals surface area contributed by atoms with E-state index >= 15 is 0 Å². The molecule has 0 atom stereocenters. The van der Waals surface area contributed by atoms with Crippen molar-refractivity contribution < 1.29 is 17.9 Å². The van der Waals surface area contributed by atoms with Gasteiger partial charge in [-0.25, -0.2) is 4.98 Å². The van der Waals surface area contributed by atoms with Crippen LogP contribution in [0, 0.1) is 0 Å². The third-order valence-electron chi connectivity index (χ3n) is 3.74. The summed E-state index contributed by atoms with van der Waals surface area (Å²) in [4.78, 5) is 4.58. The number of rotatable bonds is 4. The molecule has 2 aromatic rings. The molecule has 0 unspecified atom stereocenters. The number of nitrogens with zero attached hydrogens (tertiary/aromatic N) is 2. The van der Waals surface area contributed by atoms with E-state index in [0.29, 0.717) is 5.92 Å². The first-order valence-electron chi connectivity index (χ1n) is 6.70. The van der Waals surface area contributed by atoms with Crippen molar-refractivity contribution in [3.8, 4) is 0 Å². The third kappa shape index (κ3) is 2.65. The summed E-state index contributed by atoms with van der Waals surface area (Å²) in [6.07, 6.45) is -1.30. The molecule has 108 valence electrons. The molecule has 0 bridgehead atoms. The van der Waals surface area contributed by atoms with E-state index in [2.05, 4.69) is 9.72 Å². The van der Waals surface area contributed by atoms with Gasteiger partial charge in [0, 0.05) is 12.5 Å². The number of ether oxygens (including phenoxy) is 1. The van der Waals surface area contributed by atoms with E-state index in [1.807, 2.05) is 28.8 Å². The van der Waals surface area contributed by atoms with Gasteiger partial charge < -0.3 is 4.57 Å². The van der Waals surface area contributed by atoms with Gasteiger partial charge in [-0.2, -0.15) is 0 Å². The summed E-state index contributed by atoms with van der Waals surface area (Å²) in [5.41, 5.74) is 1.71. The minimum atomic E-state index is -4.58. The number of benzene rings is 1. The Morgan fingerprint density at radius 1 is 1.25 bits per heavy atom. The van der Waals surface area contributed by atoms with Gasteiger partial charge in [0.25, 0.3) is 0 Å². The predicted octanol–water partition coefficient (Wildman–Crippen LogP) is 3.84. The van der Waals surface area contributed by atoms with Crippen LogP contribution < -0.4 is 0 Å². The number of fused-ring (bicyclic) bond motifs is 1. The van der Waals surface area contributed by atoms with Crippen LogP contribution in [0.3, 0.4) is 0 Å². The molecule has 3 nitrogen and oxygen atoms in total. The average molecular weight is 284 g/mol. The summed E-state index contributed by atoms with van der Waals surface area (Å²) in [6.45, 7) is -0.213. The number of imidazole rings is 1. The van der Waals surface area contributed by atoms with Crippen molar-refractivity contribution in [1.82, 2.24) is 9.55 Å². The smallest absolute Gasteiger partial charge is 0.325 e. The lowest BCUT2D eigenvalue weighted by atomic mass is 9.85. The van der Waals surface area contributed by atoms with Crippen LogP contribution in [0.1, 0.15) is 31.0 Å². The number of hydrogen-bond donors (Lipinski definition) is 0. The first-order valence-corrected chi connectivity index (χ1v) is 6.70. The van der Waals surface area contributed by atoms with Crippen molar-refractivity contribution in [2.24, 2.45) is 0 Å². The minimum Gasteiger partial charge on any atom is -0.325 e. The molecule has 6 heteroatoms. The molecular formula is C14H15F3N2O. The Kier molecular flexibility index (Phi) is 3.41. The van der Waals surface area contributed by atoms with Gasteiger partial charge in [-0.05, 0) is 25.0 Å². The van der Waals surface area contributed by atoms with Crippen molar-refractivity contribution >= 4 is 11.0 Å². The zero-order valence-corrected chi connectivity index (χ0v) is 10.9. The Bertz CT molecular complexity index is 602. The van der Waals surface area contributed by atoms with Gasteiger partial charge in [0.2, 0.25) is 0 Å². The highest BCUT2D eigenvalue weighted by Crippen LogP contribution is 2.37. The van der Waals surface area contributed by atoms with Gasteiger partial charge in [0.15, 0.2) is 0 Å². The van der Waals surface area contributed by atoms with Crippen LogP contribution in [0.2, 0.25) is 0 Å². The summed E-state index contributed by atoms with van der Waals surface area (Å²) in [5.74, 6) is 1.26. The van der Waals surface area contributed by atoms with E-state index in [0.717, 1.165) is 36.1 Å². The minimum absolute atomic E-state index is 0.172. The average Bonchev–Trinajstić information content (AvgIpc) is 2.65. The highest BCUT2D eigenvalue weighted by molar-refractivity contribution is 5.76. The number of aromatic nitrogens is 2. The lowest BCUT2D eigenvalue weighted by Crippen LogP contribution is -2.20. The van der Waals surface area contributed by atoms with E-state index in [9.17, 15) is 13.2 Å². The molecule has 0 radical (unpaired) electrons. The SMILES string of the molecule is FC(F)(F)OCCn1c(C2CCC2)nc2ccccc21. The molecule has 1 aromatic carbocycles. The Morgan fingerprint density at radius 2 is 2.00 bits per heavy atom. The number of alkyl halides is 3. The van der Waals surface area contributed by atoms with Crippen molar-refractivity contribution in [3.05, 3.63) is 30.1 Å². The standard InChI is InChI=1S/C14H15F3N2O/c15-14(16,17)20-9-8-19-12-7-2-1-6-11(12)18-13(19)10-4-3-5-10/h1-2,6-7,10H,3-5,8-9H2. The van der Waals surface area contributed by atoms with Crippen LogP contribution in [0.25, 0.3) is 11.0 Å². The molecule has 20 heavy (non-hydrogen) atoms. The maximum Gasteiger partial charge on any atom is 0.522 e. The molecule has 1 aliphatic rings. The lowest BCUT2D eigenvalue weighted by Gasteiger charge is -2.25. The summed E-state index contributed by atoms with van der Waals surface area (Å²) in [6, 6.07) is 7.53. The lowest BCUT2D eigenvalue weighted by molar-refractivity contribution is -0.325. The molecule has 1 fully saturated rings. The van der Waals surface area contributed by atoms with Gasteiger partial charge in [0.05, 0.1) is 17.6 Å². The van der Waals surface area contributed by atoms with E-state index in [1.165, 1.54) is 0 Å². The molecule has 0 amide bonds. The highest BCUT2D eigenvalue weighted by Gasteiger charge is 2.30. The summed E-state index contributed by atoms with van der Waals surface area (Å²) < 4.78 is 42.0. The number of hydrogen-bond acceptors (Lipinski definition) is 2. The Hall–Kier alpha value is -1.56. The topological polar surface area (TPSA) is 27.1 Å². The van der Waals surface area contributed by atoms with Crippen LogP contribution in [0.4, 0.5) is 13.2 Å². The Morgan fingerprint density at radius 3 is 2.65 bits per heavy atom. The van der Waals surface area contributed by atoms with Crippen LogP contribution in [-0.2, 0) is 11.3 Å². The summed E-state index contributed by atoms with van der Waals surface area (Å²) in [5, 5.41) is 0. The van der Waals surface area contributed by atoms with Crippen LogP contribution in [-0.4, -0.2) is 22.5 Å². The van der Waals surface area contributed by atoms with Crippen molar-refractivity contribution in [3.63, 3.8) is 0 Å². The van der Waals surface area contributed by atoms with Gasteiger partial charge in [-0.1, -0.05) is 18.6 Å². The second-order valence-electron chi connectivity index (χ2n) is 5.03. The molecule has 1 aromatic heterocycles. The fourth-order valence-corrected chi connectivity index (χ4v) is 2.56. The van der Waals surface area contributed by atoms with Crippen molar-refractivity contribution in [1.29, 1.82) is 0 Å². The van der Waals surface area contributed by atoms with E-state index < -0.39 is 6.36 Å². The Labute approximate surface area is 114 Å². The molecular weight excluding hydrogens is 269 g/mol. The maximum atomic E-state index is 12.1. The second kappa shape index (κ2) is 5.09. The van der Waals surface area contributed by atoms with E-state index in [1.54, 1.807) is 0 Å². The first-order chi connectivity index (χ1) is 9.54. The summed E-state index contributed by atoms with van der Waals surface area (Å²) >= 11 is 0. The highest BCUT2D eigenvalue weighted by atomic mass is 19.4. The molecule has 0 saturated heterocycles. The Balaban J connectivity index is 1.86. The molecule has 0 spiro atoms. The van der Waals surface area contributed by atoms with E-state index in [-0.39, 0.29) is 13.2 Å². The zero-order valence-electron chi connectivity index (χ0n) is 10.9. The largest absolute Gasteiger partial charge is 0.522 e.